The van der Waals surface area contributed by atoms with E-state index in [1.54, 1.807) is 0 Å². The molecule has 27 heavy (non-hydrogen) atoms. The number of hydrogen-bond acceptors (Lipinski definition) is 2. The van der Waals surface area contributed by atoms with Crippen LogP contribution in [-0.2, 0) is 0 Å². The number of rotatable bonds is 4. The van der Waals surface area contributed by atoms with E-state index in [-0.39, 0.29) is 0 Å². The zero-order chi connectivity index (χ0) is 18.8. The molecule has 3 nitrogen and oxygen atoms in total. The number of aryl methyl sites for hydroxylation is 1. The fraction of sp³-hybridized carbons (Fsp3) is 0.0435. The number of aromatic nitrogens is 3. The molecular weight excluding hydrogens is 350 g/mol. The molecule has 0 radical (unpaired) electrons. The summed E-state index contributed by atoms with van der Waals surface area (Å²) in [4.78, 5) is 0. The van der Waals surface area contributed by atoms with Crippen molar-refractivity contribution in [2.24, 2.45) is 0 Å². The second-order valence-corrected chi connectivity index (χ2v) is 6.78. The summed E-state index contributed by atoms with van der Waals surface area (Å²) in [5.74, 6) is 0.806. The highest BCUT2D eigenvalue weighted by Crippen LogP contribution is 2.27. The van der Waals surface area contributed by atoms with Gasteiger partial charge < -0.3 is 0 Å². The number of nitrogens with one attached hydrogen (secondary N) is 1. The molecule has 132 valence electrons. The molecular formula is C23H19N3S. The first-order valence-corrected chi connectivity index (χ1v) is 9.14. The van der Waals surface area contributed by atoms with Crippen molar-refractivity contribution in [3.63, 3.8) is 0 Å². The van der Waals surface area contributed by atoms with Gasteiger partial charge in [0.05, 0.1) is 5.69 Å². The van der Waals surface area contributed by atoms with Crippen LogP contribution in [0.3, 0.4) is 0 Å². The van der Waals surface area contributed by atoms with E-state index >= 15 is 0 Å². The Hall–Kier alpha value is -3.24. The average Bonchev–Trinajstić information content (AvgIpc) is 3.10. The minimum atomic E-state index is 0.565. The maximum Gasteiger partial charge on any atom is 0.200 e. The maximum atomic E-state index is 5.52. The summed E-state index contributed by atoms with van der Waals surface area (Å²) in [6, 6.07) is 26.6. The standard InChI is InChI=1S/C23H19N3S/c1-16-9-6-7-14-21(16)22-24-25-23(27)26(22)20-13-8-12-19(15-20)17(2)18-10-4-3-5-11-18/h3-15H,2H2,1H3,(H,25,27). The number of H-pyrrole nitrogens is 1. The second-order valence-electron chi connectivity index (χ2n) is 6.40. The van der Waals surface area contributed by atoms with Crippen LogP contribution >= 0.6 is 12.2 Å². The summed E-state index contributed by atoms with van der Waals surface area (Å²) in [5.41, 5.74) is 6.29. The Kier molecular flexibility index (Phi) is 4.57. The quantitative estimate of drug-likeness (QED) is 0.450. The van der Waals surface area contributed by atoms with E-state index < -0.39 is 0 Å². The summed E-state index contributed by atoms with van der Waals surface area (Å²) in [5, 5.41) is 7.41. The third kappa shape index (κ3) is 3.27. The van der Waals surface area contributed by atoms with Gasteiger partial charge in [0.25, 0.3) is 0 Å². The summed E-state index contributed by atoms with van der Waals surface area (Å²) >= 11 is 5.52. The fourth-order valence-electron chi connectivity index (χ4n) is 3.18. The van der Waals surface area contributed by atoms with E-state index in [9.17, 15) is 0 Å². The lowest BCUT2D eigenvalue weighted by Gasteiger charge is -2.12. The zero-order valence-corrected chi connectivity index (χ0v) is 15.8. The molecule has 0 aliphatic rings. The molecule has 0 aliphatic carbocycles. The molecule has 0 saturated heterocycles. The maximum absolute atomic E-state index is 5.52. The number of hydrogen-bond donors (Lipinski definition) is 1. The first kappa shape index (κ1) is 17.2. The smallest absolute Gasteiger partial charge is 0.200 e. The fourth-order valence-corrected chi connectivity index (χ4v) is 3.42. The lowest BCUT2D eigenvalue weighted by Crippen LogP contribution is -2.00. The molecule has 0 fully saturated rings. The molecule has 4 rings (SSSR count). The highest BCUT2D eigenvalue weighted by Gasteiger charge is 2.13. The largest absolute Gasteiger partial charge is 0.268 e. The first-order chi connectivity index (χ1) is 13.1. The second kappa shape index (κ2) is 7.17. The molecule has 1 heterocycles. The van der Waals surface area contributed by atoms with E-state index in [1.165, 1.54) is 0 Å². The molecule has 0 atom stereocenters. The topological polar surface area (TPSA) is 33.6 Å². The minimum Gasteiger partial charge on any atom is -0.268 e. The van der Waals surface area contributed by atoms with E-state index in [0.29, 0.717) is 4.77 Å². The number of aromatic amines is 1. The Bertz CT molecular complexity index is 1170. The lowest BCUT2D eigenvalue weighted by molar-refractivity contribution is 1.03. The number of benzene rings is 3. The third-order valence-electron chi connectivity index (χ3n) is 4.63. The minimum absolute atomic E-state index is 0.565. The van der Waals surface area contributed by atoms with Crippen molar-refractivity contribution in [1.29, 1.82) is 0 Å². The van der Waals surface area contributed by atoms with Crippen LogP contribution in [-0.4, -0.2) is 14.8 Å². The average molecular weight is 369 g/mol. The van der Waals surface area contributed by atoms with Gasteiger partial charge in [-0.2, -0.15) is 5.10 Å². The van der Waals surface area contributed by atoms with Gasteiger partial charge in [-0.15, -0.1) is 0 Å². The van der Waals surface area contributed by atoms with E-state index in [1.807, 2.05) is 47.0 Å². The normalized spacial score (nSPS) is 10.7. The molecule has 1 N–H and O–H groups in total. The molecule has 4 aromatic rings. The molecule has 1 aromatic heterocycles. The van der Waals surface area contributed by atoms with E-state index in [4.69, 9.17) is 12.2 Å². The Balaban J connectivity index is 1.82. The van der Waals surface area contributed by atoms with Crippen LogP contribution in [0.2, 0.25) is 0 Å². The predicted molar refractivity (Wildman–Crippen MR) is 113 cm³/mol. The van der Waals surface area contributed by atoms with E-state index in [2.05, 4.69) is 60.1 Å². The molecule has 0 bridgehead atoms. The van der Waals surface area contributed by atoms with Crippen LogP contribution in [0.5, 0.6) is 0 Å². The van der Waals surface area contributed by atoms with Gasteiger partial charge in [-0.3, -0.25) is 9.67 Å². The van der Waals surface area contributed by atoms with Crippen molar-refractivity contribution >= 4 is 17.8 Å². The molecule has 0 amide bonds. The molecule has 0 unspecified atom stereocenters. The van der Waals surface area contributed by atoms with Crippen molar-refractivity contribution < 1.29 is 0 Å². The predicted octanol–water partition coefficient (Wildman–Crippen LogP) is 5.97. The van der Waals surface area contributed by atoms with Gasteiger partial charge in [0.2, 0.25) is 0 Å². The van der Waals surface area contributed by atoms with Crippen LogP contribution in [0.25, 0.3) is 22.6 Å². The van der Waals surface area contributed by atoms with Crippen LogP contribution in [0.1, 0.15) is 16.7 Å². The Morgan fingerprint density at radius 2 is 1.63 bits per heavy atom. The number of nitrogens with zero attached hydrogens (tertiary/aromatic N) is 2. The molecule has 0 saturated carbocycles. The third-order valence-corrected chi connectivity index (χ3v) is 4.91. The van der Waals surface area contributed by atoms with Gasteiger partial charge in [-0.1, -0.05) is 73.3 Å². The highest BCUT2D eigenvalue weighted by molar-refractivity contribution is 7.71. The van der Waals surface area contributed by atoms with Crippen molar-refractivity contribution in [1.82, 2.24) is 14.8 Å². The van der Waals surface area contributed by atoms with Gasteiger partial charge in [0.1, 0.15) is 0 Å². The van der Waals surface area contributed by atoms with Crippen molar-refractivity contribution in [2.75, 3.05) is 0 Å². The van der Waals surface area contributed by atoms with E-state index in [0.717, 1.165) is 39.3 Å². The SMILES string of the molecule is C=C(c1ccccc1)c1cccc(-n2c(-c3ccccc3C)n[nH]c2=S)c1. The lowest BCUT2D eigenvalue weighted by atomic mass is 9.99. The van der Waals surface area contributed by atoms with Gasteiger partial charge in [-0.25, -0.2) is 0 Å². The molecule has 3 aromatic carbocycles. The van der Waals surface area contributed by atoms with Crippen molar-refractivity contribution in [3.8, 4) is 17.1 Å². The summed E-state index contributed by atoms with van der Waals surface area (Å²) in [7, 11) is 0. The molecule has 4 heteroatoms. The Morgan fingerprint density at radius 1 is 0.926 bits per heavy atom. The van der Waals surface area contributed by atoms with Crippen molar-refractivity contribution in [3.05, 3.63) is 107 Å². The van der Waals surface area contributed by atoms with Crippen LogP contribution in [0.15, 0.2) is 85.4 Å². The monoisotopic (exact) mass is 369 g/mol. The first-order valence-electron chi connectivity index (χ1n) is 8.74. The van der Waals surface area contributed by atoms with Crippen LogP contribution in [0.4, 0.5) is 0 Å². The van der Waals surface area contributed by atoms with Crippen LogP contribution < -0.4 is 0 Å². The van der Waals surface area contributed by atoms with Gasteiger partial charge >= 0.3 is 0 Å². The van der Waals surface area contributed by atoms with Gasteiger partial charge in [0.15, 0.2) is 10.6 Å². The molecule has 0 aliphatic heterocycles. The molecule has 0 spiro atoms. The zero-order valence-electron chi connectivity index (χ0n) is 15.0. The Labute approximate surface area is 163 Å². The summed E-state index contributed by atoms with van der Waals surface area (Å²) in [6.45, 7) is 6.35. The highest BCUT2D eigenvalue weighted by atomic mass is 32.1. The van der Waals surface area contributed by atoms with Gasteiger partial charge in [-0.05, 0) is 53.5 Å². The summed E-state index contributed by atoms with van der Waals surface area (Å²) in [6.07, 6.45) is 0. The summed E-state index contributed by atoms with van der Waals surface area (Å²) < 4.78 is 2.54. The Morgan fingerprint density at radius 3 is 2.41 bits per heavy atom. The van der Waals surface area contributed by atoms with Crippen LogP contribution in [0, 0.1) is 11.7 Å². The van der Waals surface area contributed by atoms with Gasteiger partial charge in [0, 0.05) is 5.56 Å². The van der Waals surface area contributed by atoms with Crippen molar-refractivity contribution in [2.45, 2.75) is 6.92 Å².